The van der Waals surface area contributed by atoms with Gasteiger partial charge in [0.05, 0.1) is 15.2 Å². The first kappa shape index (κ1) is 23.6. The second kappa shape index (κ2) is 9.74. The molecule has 1 aromatic heterocycles. The van der Waals surface area contributed by atoms with Crippen LogP contribution in [0.1, 0.15) is 26.7 Å². The molecule has 2 aliphatic heterocycles. The first-order chi connectivity index (χ1) is 15.3. The molecule has 1 fully saturated rings. The van der Waals surface area contributed by atoms with E-state index in [4.69, 9.17) is 29.7 Å². The van der Waals surface area contributed by atoms with Crippen LogP contribution in [0.15, 0.2) is 39.0 Å². The number of hydrogen-bond acceptors (Lipinski definition) is 8. The van der Waals surface area contributed by atoms with Crippen LogP contribution in [0, 0.1) is 0 Å². The molecule has 1 saturated heterocycles. The van der Waals surface area contributed by atoms with E-state index in [0.717, 1.165) is 51.8 Å². The van der Waals surface area contributed by atoms with Gasteiger partial charge in [-0.15, -0.1) is 11.3 Å². The molecule has 4 rings (SSSR count). The normalized spacial score (nSPS) is 19.6. The largest absolute Gasteiger partial charge is 0.335 e. The van der Waals surface area contributed by atoms with Crippen molar-refractivity contribution in [3.8, 4) is 0 Å². The number of nitrogens with zero attached hydrogens (tertiary/aromatic N) is 3. The number of rotatable bonds is 5. The zero-order valence-electron chi connectivity index (χ0n) is 17.5. The van der Waals surface area contributed by atoms with E-state index in [0.29, 0.717) is 25.7 Å². The number of carbonyl (C=O) groups is 1. The Bertz CT molecular complexity index is 1310. The van der Waals surface area contributed by atoms with E-state index < -0.39 is 0 Å². The topological polar surface area (TPSA) is 71.6 Å². The second-order valence-electron chi connectivity index (χ2n) is 7.08. The Kier molecular flexibility index (Phi) is 7.18. The number of anilines is 1. The SMILES string of the molecule is CCCCn1c(=O)/c(=C\C=C2/Sc3ccc(Cl)cc3N2CC)s/c1=C1/SC(=S)N(N)C1=O. The number of amides is 1. The van der Waals surface area contributed by atoms with Gasteiger partial charge in [0.15, 0.2) is 4.32 Å². The molecule has 11 heteroatoms. The van der Waals surface area contributed by atoms with Crippen LogP contribution >= 0.6 is 58.7 Å². The zero-order chi connectivity index (χ0) is 23.0. The maximum Gasteiger partial charge on any atom is 0.283 e. The number of thioether (sulfide) groups is 2. The van der Waals surface area contributed by atoms with Crippen LogP contribution in [0.3, 0.4) is 0 Å². The molecule has 6 nitrogen and oxygen atoms in total. The molecule has 2 aromatic rings. The summed E-state index contributed by atoms with van der Waals surface area (Å²) in [7, 11) is 0. The van der Waals surface area contributed by atoms with Gasteiger partial charge in [-0.1, -0.05) is 48.9 Å². The van der Waals surface area contributed by atoms with Gasteiger partial charge in [0.2, 0.25) is 0 Å². The van der Waals surface area contributed by atoms with Gasteiger partial charge in [-0.2, -0.15) is 0 Å². The minimum absolute atomic E-state index is 0.107. The Morgan fingerprint density at radius 3 is 2.62 bits per heavy atom. The molecule has 0 saturated carbocycles. The maximum atomic E-state index is 13.2. The number of halogens is 1. The Balaban J connectivity index is 1.82. The Morgan fingerprint density at radius 2 is 1.97 bits per heavy atom. The minimum Gasteiger partial charge on any atom is -0.335 e. The molecule has 0 spiro atoms. The molecule has 2 aliphatic rings. The molecular weight excluding hydrogens is 504 g/mol. The van der Waals surface area contributed by atoms with Crippen LogP contribution < -0.4 is 25.5 Å². The third kappa shape index (κ3) is 4.32. The van der Waals surface area contributed by atoms with E-state index in [1.807, 2.05) is 30.4 Å². The van der Waals surface area contributed by atoms with Crippen molar-refractivity contribution in [2.45, 2.75) is 38.1 Å². The summed E-state index contributed by atoms with van der Waals surface area (Å²) in [6.07, 6.45) is 5.56. The minimum atomic E-state index is -0.368. The highest BCUT2D eigenvalue weighted by Crippen LogP contribution is 2.46. The summed E-state index contributed by atoms with van der Waals surface area (Å²) in [5.41, 5.74) is 0.959. The number of aromatic nitrogens is 1. The number of unbranched alkanes of at least 4 members (excludes halogenated alkanes) is 1. The molecule has 0 atom stereocenters. The van der Waals surface area contributed by atoms with Crippen LogP contribution in [0.2, 0.25) is 5.02 Å². The van der Waals surface area contributed by atoms with Crippen molar-refractivity contribution in [1.29, 1.82) is 0 Å². The lowest BCUT2D eigenvalue weighted by molar-refractivity contribution is -0.120. The highest BCUT2D eigenvalue weighted by atomic mass is 35.5. The summed E-state index contributed by atoms with van der Waals surface area (Å²) in [5.74, 6) is 5.38. The van der Waals surface area contributed by atoms with Crippen LogP contribution in [-0.2, 0) is 11.3 Å². The van der Waals surface area contributed by atoms with Gasteiger partial charge < -0.3 is 4.90 Å². The number of thiazole rings is 1. The van der Waals surface area contributed by atoms with Crippen LogP contribution in [0.5, 0.6) is 0 Å². The van der Waals surface area contributed by atoms with Crippen molar-refractivity contribution in [2.75, 3.05) is 11.4 Å². The second-order valence-corrected chi connectivity index (χ2v) is 11.3. The Labute approximate surface area is 208 Å². The lowest BCUT2D eigenvalue weighted by Crippen LogP contribution is -2.36. The van der Waals surface area contributed by atoms with Crippen molar-refractivity contribution in [1.82, 2.24) is 9.58 Å². The number of fused-ring (bicyclic) bond motifs is 1. The molecule has 0 aliphatic carbocycles. The Hall–Kier alpha value is -1.56. The van der Waals surface area contributed by atoms with Gasteiger partial charge in [0, 0.05) is 23.0 Å². The number of benzene rings is 1. The molecule has 2 N–H and O–H groups in total. The number of allylic oxidation sites excluding steroid dienone is 1. The standard InChI is InChI=1S/C21H21ClN4O2S4/c1-3-5-10-25-18(27)15(31-20(25)17-19(28)26(23)21(29)32-17)8-9-16-24(4-2)13-11-12(22)6-7-14(13)30-16/h6-9,11H,3-5,10,23H2,1-2H3/b15-8+,16-9-,20-17+. The molecule has 32 heavy (non-hydrogen) atoms. The summed E-state index contributed by atoms with van der Waals surface area (Å²) in [6.45, 7) is 5.46. The van der Waals surface area contributed by atoms with Gasteiger partial charge in [-0.3, -0.25) is 14.2 Å². The van der Waals surface area contributed by atoms with E-state index >= 15 is 0 Å². The molecule has 168 valence electrons. The molecular formula is C21H21ClN4O2S4. The molecule has 0 radical (unpaired) electrons. The average molecular weight is 525 g/mol. The van der Waals surface area contributed by atoms with Gasteiger partial charge in [-0.05, 0) is 55.5 Å². The predicted molar refractivity (Wildman–Crippen MR) is 140 cm³/mol. The average Bonchev–Trinajstić information content (AvgIpc) is 3.37. The third-order valence-electron chi connectivity index (χ3n) is 5.02. The fraction of sp³-hybridized carbons (Fsp3) is 0.286. The van der Waals surface area contributed by atoms with E-state index in [2.05, 4.69) is 18.7 Å². The summed E-state index contributed by atoms with van der Waals surface area (Å²) < 4.78 is 3.14. The zero-order valence-corrected chi connectivity index (χ0v) is 21.5. The fourth-order valence-electron chi connectivity index (χ4n) is 3.40. The van der Waals surface area contributed by atoms with Gasteiger partial charge in [0.1, 0.15) is 9.57 Å². The molecule has 0 unspecified atom stereocenters. The fourth-order valence-corrected chi connectivity index (χ4v) is 7.00. The lowest BCUT2D eigenvalue weighted by atomic mass is 10.3. The van der Waals surface area contributed by atoms with Crippen molar-refractivity contribution in [2.24, 2.45) is 5.84 Å². The quantitative estimate of drug-likeness (QED) is 0.365. The molecule has 0 bridgehead atoms. The number of hydrazine groups is 1. The molecule has 1 amide bonds. The highest BCUT2D eigenvalue weighted by molar-refractivity contribution is 8.30. The van der Waals surface area contributed by atoms with E-state index in [1.54, 1.807) is 16.3 Å². The Morgan fingerprint density at radius 1 is 1.19 bits per heavy atom. The summed E-state index contributed by atoms with van der Waals surface area (Å²) >= 11 is 15.4. The summed E-state index contributed by atoms with van der Waals surface area (Å²) in [4.78, 5) is 29.5. The van der Waals surface area contributed by atoms with Crippen LogP contribution in [-0.4, -0.2) is 26.3 Å². The molecule has 1 aromatic carbocycles. The monoisotopic (exact) mass is 524 g/mol. The third-order valence-corrected chi connectivity index (χ3v) is 9.06. The maximum absolute atomic E-state index is 13.2. The number of hydrogen-bond donors (Lipinski definition) is 1. The molecule has 3 heterocycles. The number of nitrogens with two attached hydrogens (primary N) is 1. The highest BCUT2D eigenvalue weighted by Gasteiger charge is 2.32. The summed E-state index contributed by atoms with van der Waals surface area (Å²) in [6, 6.07) is 5.84. The van der Waals surface area contributed by atoms with E-state index in [9.17, 15) is 9.59 Å². The number of thiocarbonyl (C=S) groups is 1. The summed E-state index contributed by atoms with van der Waals surface area (Å²) in [5, 5.41) is 2.68. The van der Waals surface area contributed by atoms with Crippen molar-refractivity contribution >= 4 is 85.6 Å². The van der Waals surface area contributed by atoms with Gasteiger partial charge in [-0.25, -0.2) is 10.9 Å². The first-order valence-corrected chi connectivity index (χ1v) is 13.3. The smallest absolute Gasteiger partial charge is 0.283 e. The first-order valence-electron chi connectivity index (χ1n) is 10.1. The van der Waals surface area contributed by atoms with Crippen molar-refractivity contribution in [3.63, 3.8) is 0 Å². The number of carbonyl (C=O) groups excluding carboxylic acids is 1. The van der Waals surface area contributed by atoms with E-state index in [-0.39, 0.29) is 15.8 Å². The van der Waals surface area contributed by atoms with Crippen LogP contribution in [0.25, 0.3) is 11.0 Å². The lowest BCUT2D eigenvalue weighted by Gasteiger charge is -2.17. The van der Waals surface area contributed by atoms with E-state index in [1.165, 1.54) is 11.3 Å². The predicted octanol–water partition coefficient (Wildman–Crippen LogP) is 3.46. The van der Waals surface area contributed by atoms with Crippen LogP contribution in [0.4, 0.5) is 5.69 Å². The van der Waals surface area contributed by atoms with Gasteiger partial charge in [0.25, 0.3) is 11.5 Å². The van der Waals surface area contributed by atoms with Crippen molar-refractivity contribution < 1.29 is 4.79 Å². The van der Waals surface area contributed by atoms with Gasteiger partial charge >= 0.3 is 0 Å². The van der Waals surface area contributed by atoms with Crippen molar-refractivity contribution in [3.05, 3.63) is 53.9 Å².